The lowest BCUT2D eigenvalue weighted by Crippen LogP contribution is -2.08. The molecule has 23 heavy (non-hydrogen) atoms. The van der Waals surface area contributed by atoms with E-state index in [1.165, 1.54) is 5.56 Å². The van der Waals surface area contributed by atoms with Crippen LogP contribution in [0.1, 0.15) is 25.5 Å². The summed E-state index contributed by atoms with van der Waals surface area (Å²) in [5, 5.41) is 3.55. The first kappa shape index (κ1) is 16.2. The molecule has 7 heteroatoms. The van der Waals surface area contributed by atoms with Crippen molar-refractivity contribution in [3.8, 4) is 0 Å². The van der Waals surface area contributed by atoms with Gasteiger partial charge in [-0.05, 0) is 49.6 Å². The molecule has 0 saturated heterocycles. The molecular formula is C16H17BrClN5. The van der Waals surface area contributed by atoms with Gasteiger partial charge in [-0.2, -0.15) is 9.97 Å². The van der Waals surface area contributed by atoms with Crippen LogP contribution < -0.4 is 5.32 Å². The Morgan fingerprint density at radius 1 is 1.22 bits per heavy atom. The average molecular weight is 395 g/mol. The van der Waals surface area contributed by atoms with Crippen LogP contribution in [0.15, 0.2) is 35.1 Å². The Hall–Kier alpha value is -1.66. The summed E-state index contributed by atoms with van der Waals surface area (Å²) in [5.74, 6) is 0.677. The molecule has 0 bridgehead atoms. The Morgan fingerprint density at radius 2 is 1.96 bits per heavy atom. The second-order valence-corrected chi connectivity index (χ2v) is 6.82. The Kier molecular flexibility index (Phi) is 4.82. The van der Waals surface area contributed by atoms with E-state index >= 15 is 0 Å². The van der Waals surface area contributed by atoms with Crippen LogP contribution in [-0.2, 0) is 6.42 Å². The average Bonchev–Trinajstić information content (AvgIpc) is 2.93. The molecule has 120 valence electrons. The van der Waals surface area contributed by atoms with Gasteiger partial charge < -0.3 is 9.88 Å². The predicted molar refractivity (Wildman–Crippen MR) is 97.1 cm³/mol. The molecule has 1 N–H and O–H groups in total. The van der Waals surface area contributed by atoms with E-state index in [1.807, 2.05) is 16.7 Å². The first-order valence-corrected chi connectivity index (χ1v) is 8.60. The molecule has 1 aromatic carbocycles. The number of hydrogen-bond donors (Lipinski definition) is 1. The van der Waals surface area contributed by atoms with Crippen LogP contribution in [0.2, 0.25) is 5.28 Å². The van der Waals surface area contributed by atoms with Gasteiger partial charge in [-0.25, -0.2) is 4.98 Å². The largest absolute Gasteiger partial charge is 0.368 e. The van der Waals surface area contributed by atoms with Crippen LogP contribution in [0.3, 0.4) is 0 Å². The summed E-state index contributed by atoms with van der Waals surface area (Å²) in [5.41, 5.74) is 2.76. The van der Waals surface area contributed by atoms with E-state index in [2.05, 4.69) is 62.2 Å². The zero-order valence-electron chi connectivity index (χ0n) is 12.9. The second kappa shape index (κ2) is 6.84. The number of aromatic nitrogens is 4. The fourth-order valence-corrected chi connectivity index (χ4v) is 2.80. The lowest BCUT2D eigenvalue weighted by Gasteiger charge is -2.09. The molecule has 0 aliphatic heterocycles. The SMILES string of the molecule is CC(C)n1cnc2c(NCCc3ccc(Br)cc3)nc(Cl)nc21. The van der Waals surface area contributed by atoms with Gasteiger partial charge in [0.2, 0.25) is 5.28 Å². The van der Waals surface area contributed by atoms with E-state index in [4.69, 9.17) is 11.6 Å². The van der Waals surface area contributed by atoms with Crippen molar-refractivity contribution < 1.29 is 0 Å². The monoisotopic (exact) mass is 393 g/mol. The van der Waals surface area contributed by atoms with Crippen LogP contribution in [0, 0.1) is 0 Å². The molecular weight excluding hydrogens is 378 g/mol. The van der Waals surface area contributed by atoms with Crippen molar-refractivity contribution in [2.45, 2.75) is 26.3 Å². The Balaban J connectivity index is 1.78. The molecule has 5 nitrogen and oxygen atoms in total. The van der Waals surface area contributed by atoms with E-state index in [0.29, 0.717) is 5.82 Å². The van der Waals surface area contributed by atoms with Gasteiger partial charge in [0.25, 0.3) is 0 Å². The molecule has 0 spiro atoms. The number of halogens is 2. The van der Waals surface area contributed by atoms with Gasteiger partial charge >= 0.3 is 0 Å². The molecule has 2 aromatic heterocycles. The van der Waals surface area contributed by atoms with E-state index in [1.54, 1.807) is 6.33 Å². The van der Waals surface area contributed by atoms with E-state index in [9.17, 15) is 0 Å². The molecule has 3 aromatic rings. The summed E-state index contributed by atoms with van der Waals surface area (Å²) in [6.45, 7) is 4.91. The van der Waals surface area contributed by atoms with Crippen LogP contribution in [-0.4, -0.2) is 26.1 Å². The number of nitrogens with one attached hydrogen (secondary N) is 1. The second-order valence-electron chi connectivity index (χ2n) is 5.56. The summed E-state index contributed by atoms with van der Waals surface area (Å²) in [6.07, 6.45) is 2.67. The van der Waals surface area contributed by atoms with Gasteiger partial charge in [0.1, 0.15) is 0 Å². The lowest BCUT2D eigenvalue weighted by atomic mass is 10.1. The van der Waals surface area contributed by atoms with E-state index < -0.39 is 0 Å². The van der Waals surface area contributed by atoms with Gasteiger partial charge in [-0.1, -0.05) is 28.1 Å². The van der Waals surface area contributed by atoms with Gasteiger partial charge in [-0.3, -0.25) is 0 Å². The third-order valence-corrected chi connectivity index (χ3v) is 4.27. The lowest BCUT2D eigenvalue weighted by molar-refractivity contribution is 0.612. The Labute approximate surface area is 148 Å². The third kappa shape index (κ3) is 3.64. The van der Waals surface area contributed by atoms with E-state index in [0.717, 1.165) is 28.6 Å². The van der Waals surface area contributed by atoms with Gasteiger partial charge in [0.15, 0.2) is 17.0 Å². The maximum absolute atomic E-state index is 6.06. The summed E-state index contributed by atoms with van der Waals surface area (Å²) >= 11 is 9.50. The summed E-state index contributed by atoms with van der Waals surface area (Å²) < 4.78 is 3.07. The number of rotatable bonds is 5. The fourth-order valence-electron chi connectivity index (χ4n) is 2.37. The highest BCUT2D eigenvalue weighted by atomic mass is 79.9. The molecule has 0 aliphatic carbocycles. The van der Waals surface area contributed by atoms with Crippen molar-refractivity contribution in [1.82, 2.24) is 19.5 Å². The number of fused-ring (bicyclic) bond motifs is 1. The minimum absolute atomic E-state index is 0.228. The first-order valence-electron chi connectivity index (χ1n) is 7.43. The highest BCUT2D eigenvalue weighted by Crippen LogP contribution is 2.23. The van der Waals surface area contributed by atoms with Crippen molar-refractivity contribution in [3.05, 3.63) is 45.9 Å². The number of nitrogens with zero attached hydrogens (tertiary/aromatic N) is 4. The Morgan fingerprint density at radius 3 is 2.65 bits per heavy atom. The zero-order chi connectivity index (χ0) is 16.4. The van der Waals surface area contributed by atoms with Gasteiger partial charge in [-0.15, -0.1) is 0 Å². The molecule has 0 fully saturated rings. The maximum atomic E-state index is 6.06. The summed E-state index contributed by atoms with van der Waals surface area (Å²) in [4.78, 5) is 13.0. The maximum Gasteiger partial charge on any atom is 0.226 e. The molecule has 2 heterocycles. The topological polar surface area (TPSA) is 55.6 Å². The van der Waals surface area contributed by atoms with Crippen molar-refractivity contribution in [1.29, 1.82) is 0 Å². The van der Waals surface area contributed by atoms with Gasteiger partial charge in [0.05, 0.1) is 6.33 Å². The predicted octanol–water partition coefficient (Wildman–Crippen LogP) is 4.48. The normalized spacial score (nSPS) is 11.3. The first-order chi connectivity index (χ1) is 11.0. The van der Waals surface area contributed by atoms with Crippen LogP contribution >= 0.6 is 27.5 Å². The zero-order valence-corrected chi connectivity index (χ0v) is 15.3. The smallest absolute Gasteiger partial charge is 0.226 e. The molecule has 0 aliphatic rings. The van der Waals surface area contributed by atoms with Crippen molar-refractivity contribution in [3.63, 3.8) is 0 Å². The minimum atomic E-state index is 0.228. The number of benzene rings is 1. The Bertz CT molecular complexity index is 813. The standard InChI is InChI=1S/C16H17BrClN5/c1-10(2)23-9-20-13-14(21-16(18)22-15(13)23)19-8-7-11-3-5-12(17)6-4-11/h3-6,9-10H,7-8H2,1-2H3,(H,19,21,22). The summed E-state index contributed by atoms with van der Waals surface area (Å²) in [6, 6.07) is 8.55. The molecule has 0 radical (unpaired) electrons. The quantitative estimate of drug-likeness (QED) is 0.648. The molecule has 3 rings (SSSR count). The van der Waals surface area contributed by atoms with E-state index in [-0.39, 0.29) is 11.3 Å². The summed E-state index contributed by atoms with van der Waals surface area (Å²) in [7, 11) is 0. The number of hydrogen-bond acceptors (Lipinski definition) is 4. The van der Waals surface area contributed by atoms with Crippen molar-refractivity contribution in [2.24, 2.45) is 0 Å². The van der Waals surface area contributed by atoms with Gasteiger partial charge in [0, 0.05) is 17.1 Å². The highest BCUT2D eigenvalue weighted by molar-refractivity contribution is 9.10. The van der Waals surface area contributed by atoms with Crippen molar-refractivity contribution >= 4 is 44.5 Å². The van der Waals surface area contributed by atoms with Crippen LogP contribution in [0.5, 0.6) is 0 Å². The number of imidazole rings is 1. The van der Waals surface area contributed by atoms with Crippen LogP contribution in [0.4, 0.5) is 5.82 Å². The molecule has 0 saturated carbocycles. The highest BCUT2D eigenvalue weighted by Gasteiger charge is 2.13. The van der Waals surface area contributed by atoms with Crippen LogP contribution in [0.25, 0.3) is 11.2 Å². The number of anilines is 1. The third-order valence-electron chi connectivity index (χ3n) is 3.57. The molecule has 0 unspecified atom stereocenters. The molecule has 0 atom stereocenters. The fraction of sp³-hybridized carbons (Fsp3) is 0.312. The minimum Gasteiger partial charge on any atom is -0.368 e. The van der Waals surface area contributed by atoms with Crippen molar-refractivity contribution in [2.75, 3.05) is 11.9 Å². The molecule has 0 amide bonds.